The highest BCUT2D eigenvalue weighted by Crippen LogP contribution is 2.26. The molecule has 0 atom stereocenters. The summed E-state index contributed by atoms with van der Waals surface area (Å²) in [6.07, 6.45) is 1.60. The molecule has 0 unspecified atom stereocenters. The van der Waals surface area contributed by atoms with Gasteiger partial charge in [-0.3, -0.25) is 14.5 Å². The molecule has 2 aliphatic heterocycles. The van der Waals surface area contributed by atoms with Crippen molar-refractivity contribution in [3.8, 4) is 0 Å². The Morgan fingerprint density at radius 3 is 2.53 bits per heavy atom. The maximum atomic E-state index is 15.0. The largest absolute Gasteiger partial charge is 0.379 e. The maximum Gasteiger partial charge on any atom is 0.256 e. The van der Waals surface area contributed by atoms with Crippen molar-refractivity contribution in [2.24, 2.45) is 0 Å². The van der Waals surface area contributed by atoms with E-state index in [1.165, 1.54) is 6.07 Å². The van der Waals surface area contributed by atoms with E-state index in [9.17, 15) is 9.59 Å². The Morgan fingerprint density at radius 1 is 1.12 bits per heavy atom. The Kier molecular flexibility index (Phi) is 7.07. The summed E-state index contributed by atoms with van der Waals surface area (Å²) >= 11 is 0. The SMILES string of the molecule is CCn1cc(C(=O)NCCN2CCOCC2)c(=O)c2cc(F)c(N3CCN(C)CC3)cc21. The van der Waals surface area contributed by atoms with Crippen LogP contribution >= 0.6 is 0 Å². The quantitative estimate of drug-likeness (QED) is 0.715. The lowest BCUT2D eigenvalue weighted by Gasteiger charge is -2.34. The number of aromatic nitrogens is 1. The molecular formula is C23H32FN5O3. The van der Waals surface area contributed by atoms with Crippen molar-refractivity contribution in [1.29, 1.82) is 0 Å². The fourth-order valence-electron chi connectivity index (χ4n) is 4.36. The zero-order valence-corrected chi connectivity index (χ0v) is 18.9. The molecule has 9 heteroatoms. The van der Waals surface area contributed by atoms with Gasteiger partial charge in [0.15, 0.2) is 0 Å². The Labute approximate surface area is 187 Å². The number of fused-ring (bicyclic) bond motifs is 1. The van der Waals surface area contributed by atoms with E-state index in [4.69, 9.17) is 4.74 Å². The molecule has 174 valence electrons. The number of likely N-dealkylation sites (N-methyl/N-ethyl adjacent to an activating group) is 1. The summed E-state index contributed by atoms with van der Waals surface area (Å²) in [5.41, 5.74) is 0.776. The number of carbonyl (C=O) groups excluding carboxylic acids is 1. The lowest BCUT2D eigenvalue weighted by atomic mass is 10.1. The van der Waals surface area contributed by atoms with Gasteiger partial charge in [0, 0.05) is 70.5 Å². The molecule has 1 aromatic heterocycles. The minimum Gasteiger partial charge on any atom is -0.379 e. The smallest absolute Gasteiger partial charge is 0.256 e. The number of halogens is 1. The number of pyridine rings is 1. The molecule has 8 nitrogen and oxygen atoms in total. The highest BCUT2D eigenvalue weighted by molar-refractivity contribution is 5.97. The van der Waals surface area contributed by atoms with Crippen LogP contribution in [0.15, 0.2) is 23.1 Å². The van der Waals surface area contributed by atoms with Crippen LogP contribution in [0.5, 0.6) is 0 Å². The molecule has 0 aliphatic carbocycles. The standard InChI is InChI=1S/C23H32FN5O3/c1-3-28-16-18(23(31)25-4-5-27-10-12-32-13-11-27)22(30)17-14-19(24)21(15-20(17)28)29-8-6-26(2)7-9-29/h14-16H,3-13H2,1-2H3,(H,25,31). The van der Waals surface area contributed by atoms with Crippen LogP contribution in [0.4, 0.5) is 10.1 Å². The molecule has 1 N–H and O–H groups in total. The van der Waals surface area contributed by atoms with Gasteiger partial charge in [0.1, 0.15) is 11.4 Å². The van der Waals surface area contributed by atoms with Crippen molar-refractivity contribution < 1.29 is 13.9 Å². The van der Waals surface area contributed by atoms with Gasteiger partial charge in [-0.2, -0.15) is 0 Å². The summed E-state index contributed by atoms with van der Waals surface area (Å²) in [7, 11) is 2.05. The van der Waals surface area contributed by atoms with E-state index in [0.717, 1.165) is 39.3 Å². The topological polar surface area (TPSA) is 70.0 Å². The van der Waals surface area contributed by atoms with Crippen LogP contribution < -0.4 is 15.6 Å². The molecule has 2 saturated heterocycles. The highest BCUT2D eigenvalue weighted by atomic mass is 19.1. The number of hydrogen-bond acceptors (Lipinski definition) is 6. The second-order valence-corrected chi connectivity index (χ2v) is 8.48. The number of amides is 1. The Bertz CT molecular complexity index is 1030. The summed E-state index contributed by atoms with van der Waals surface area (Å²) in [4.78, 5) is 32.3. The predicted octanol–water partition coefficient (Wildman–Crippen LogP) is 0.974. The van der Waals surface area contributed by atoms with Crippen LogP contribution in [-0.2, 0) is 11.3 Å². The molecule has 0 saturated carbocycles. The van der Waals surface area contributed by atoms with Crippen LogP contribution in [0.2, 0.25) is 0 Å². The number of carbonyl (C=O) groups is 1. The van der Waals surface area contributed by atoms with Crippen molar-refractivity contribution >= 4 is 22.5 Å². The van der Waals surface area contributed by atoms with Crippen LogP contribution in [0.25, 0.3) is 10.9 Å². The number of anilines is 1. The van der Waals surface area contributed by atoms with E-state index in [2.05, 4.69) is 22.2 Å². The Balaban J connectivity index is 1.57. The van der Waals surface area contributed by atoms with Gasteiger partial charge in [-0.05, 0) is 26.1 Å². The number of nitrogens with one attached hydrogen (secondary N) is 1. The van der Waals surface area contributed by atoms with Gasteiger partial charge in [-0.15, -0.1) is 0 Å². The molecule has 1 aromatic carbocycles. The molecule has 2 aromatic rings. The molecule has 0 bridgehead atoms. The average molecular weight is 446 g/mol. The van der Waals surface area contributed by atoms with Gasteiger partial charge in [0.2, 0.25) is 5.43 Å². The number of aryl methyl sites for hydroxylation is 1. The number of morpholine rings is 1. The van der Waals surface area contributed by atoms with Crippen molar-refractivity contribution in [2.75, 3.05) is 77.5 Å². The minimum atomic E-state index is -0.433. The molecule has 32 heavy (non-hydrogen) atoms. The zero-order chi connectivity index (χ0) is 22.7. The Hall–Kier alpha value is -2.49. The van der Waals surface area contributed by atoms with Crippen LogP contribution in [0.3, 0.4) is 0 Å². The summed E-state index contributed by atoms with van der Waals surface area (Å²) < 4.78 is 22.2. The number of rotatable bonds is 6. The Morgan fingerprint density at radius 2 is 1.84 bits per heavy atom. The molecule has 3 heterocycles. The van der Waals surface area contributed by atoms with Gasteiger partial charge in [-0.1, -0.05) is 0 Å². The van der Waals surface area contributed by atoms with E-state index < -0.39 is 17.2 Å². The monoisotopic (exact) mass is 445 g/mol. The number of piperazine rings is 1. The van der Waals surface area contributed by atoms with Crippen LogP contribution in [0, 0.1) is 5.82 Å². The van der Waals surface area contributed by atoms with Gasteiger partial charge in [-0.25, -0.2) is 4.39 Å². The number of hydrogen-bond donors (Lipinski definition) is 1. The average Bonchev–Trinajstić information content (AvgIpc) is 2.80. The second kappa shape index (κ2) is 9.97. The lowest BCUT2D eigenvalue weighted by molar-refractivity contribution is 0.0383. The van der Waals surface area contributed by atoms with E-state index in [1.54, 1.807) is 12.3 Å². The van der Waals surface area contributed by atoms with E-state index in [-0.39, 0.29) is 10.9 Å². The van der Waals surface area contributed by atoms with Gasteiger partial charge >= 0.3 is 0 Å². The molecule has 0 spiro atoms. The first-order valence-electron chi connectivity index (χ1n) is 11.4. The van der Waals surface area contributed by atoms with E-state index in [0.29, 0.717) is 44.1 Å². The fourth-order valence-corrected chi connectivity index (χ4v) is 4.36. The fraction of sp³-hybridized carbons (Fsp3) is 0.565. The van der Waals surface area contributed by atoms with Gasteiger partial charge in [0.05, 0.1) is 24.4 Å². The first-order chi connectivity index (χ1) is 15.5. The molecule has 0 radical (unpaired) electrons. The second-order valence-electron chi connectivity index (χ2n) is 8.48. The zero-order valence-electron chi connectivity index (χ0n) is 18.9. The third kappa shape index (κ3) is 4.79. The van der Waals surface area contributed by atoms with Gasteiger partial charge < -0.3 is 24.4 Å². The van der Waals surface area contributed by atoms with Crippen molar-refractivity contribution in [3.05, 3.63) is 39.9 Å². The summed E-state index contributed by atoms with van der Waals surface area (Å²) in [5.74, 6) is -0.845. The van der Waals surface area contributed by atoms with Crippen LogP contribution in [0.1, 0.15) is 17.3 Å². The minimum absolute atomic E-state index is 0.0491. The molecule has 2 aliphatic rings. The normalized spacial score (nSPS) is 18.3. The molecular weight excluding hydrogens is 413 g/mol. The van der Waals surface area contributed by atoms with Crippen molar-refractivity contribution in [2.45, 2.75) is 13.5 Å². The third-order valence-electron chi connectivity index (χ3n) is 6.40. The summed E-state index contributed by atoms with van der Waals surface area (Å²) in [6, 6.07) is 3.04. The molecule has 4 rings (SSSR count). The van der Waals surface area contributed by atoms with Crippen LogP contribution in [-0.4, -0.2) is 92.9 Å². The first kappa shape index (κ1) is 22.7. The number of ether oxygens (including phenoxy) is 1. The predicted molar refractivity (Wildman–Crippen MR) is 123 cm³/mol. The first-order valence-corrected chi connectivity index (χ1v) is 11.4. The summed E-state index contributed by atoms with van der Waals surface area (Å²) in [6.45, 7) is 9.92. The van der Waals surface area contributed by atoms with Gasteiger partial charge in [0.25, 0.3) is 5.91 Å². The van der Waals surface area contributed by atoms with Crippen molar-refractivity contribution in [3.63, 3.8) is 0 Å². The number of nitrogens with zero attached hydrogens (tertiary/aromatic N) is 4. The number of benzene rings is 1. The van der Waals surface area contributed by atoms with Crippen molar-refractivity contribution in [1.82, 2.24) is 19.7 Å². The molecule has 2 fully saturated rings. The van der Waals surface area contributed by atoms with E-state index >= 15 is 4.39 Å². The third-order valence-corrected chi connectivity index (χ3v) is 6.40. The molecule has 1 amide bonds. The maximum absolute atomic E-state index is 15.0. The van der Waals surface area contributed by atoms with E-state index in [1.807, 2.05) is 16.4 Å². The summed E-state index contributed by atoms with van der Waals surface area (Å²) in [5, 5.41) is 3.08. The highest BCUT2D eigenvalue weighted by Gasteiger charge is 2.21. The lowest BCUT2D eigenvalue weighted by Crippen LogP contribution is -2.44.